The van der Waals surface area contributed by atoms with Gasteiger partial charge in [0.2, 0.25) is 6.41 Å². The molecule has 0 aliphatic carbocycles. The average Bonchev–Trinajstić information content (AvgIpc) is 2.38. The fraction of sp³-hybridized carbons (Fsp3) is 0.154. The van der Waals surface area contributed by atoms with Crippen LogP contribution in [0.1, 0.15) is 5.56 Å². The van der Waals surface area contributed by atoms with Gasteiger partial charge in [-0.15, -0.1) is 0 Å². The van der Waals surface area contributed by atoms with Gasteiger partial charge in [0.25, 0.3) is 0 Å². The molecule has 5 heteroatoms. The molecule has 0 bridgehead atoms. The Morgan fingerprint density at radius 3 is 3.00 bits per heavy atom. The number of carbonyl (C=O) groups excluding carboxylic acids is 1. The van der Waals surface area contributed by atoms with E-state index >= 15 is 0 Å². The molecule has 1 aromatic heterocycles. The summed E-state index contributed by atoms with van der Waals surface area (Å²) in [5.74, 6) is -1.05. The lowest BCUT2D eigenvalue weighted by Crippen LogP contribution is -2.37. The molecule has 2 aromatic rings. The minimum atomic E-state index is -1.05. The molecule has 0 saturated carbocycles. The van der Waals surface area contributed by atoms with Crippen molar-refractivity contribution in [2.24, 2.45) is 0 Å². The fourth-order valence-electron chi connectivity index (χ4n) is 1.77. The standard InChI is InChI=1S/C13H12N2O3/c16-8-15-12(13(17)18)7-9-3-4-10-2-1-5-14-11(10)6-9/h1-6,8,12H,7H2,(H,15,16)(H,17,18). The maximum Gasteiger partial charge on any atom is 0.326 e. The van der Waals surface area contributed by atoms with Gasteiger partial charge in [-0.1, -0.05) is 18.2 Å². The molecule has 0 fully saturated rings. The maximum atomic E-state index is 10.9. The zero-order valence-corrected chi connectivity index (χ0v) is 9.54. The van der Waals surface area contributed by atoms with Crippen LogP contribution >= 0.6 is 0 Å². The van der Waals surface area contributed by atoms with E-state index < -0.39 is 12.0 Å². The molecule has 5 nitrogen and oxygen atoms in total. The molecule has 0 spiro atoms. The first-order chi connectivity index (χ1) is 8.70. The summed E-state index contributed by atoms with van der Waals surface area (Å²) < 4.78 is 0. The van der Waals surface area contributed by atoms with Crippen molar-refractivity contribution >= 4 is 23.3 Å². The van der Waals surface area contributed by atoms with Crippen molar-refractivity contribution in [3.63, 3.8) is 0 Å². The second kappa shape index (κ2) is 5.27. The number of aromatic nitrogens is 1. The number of nitrogens with zero attached hydrogens (tertiary/aromatic N) is 1. The maximum absolute atomic E-state index is 10.9. The van der Waals surface area contributed by atoms with Crippen LogP contribution < -0.4 is 5.32 Å². The molecule has 18 heavy (non-hydrogen) atoms. The molecule has 92 valence electrons. The summed E-state index contributed by atoms with van der Waals surface area (Å²) in [6.45, 7) is 0. The van der Waals surface area contributed by atoms with E-state index in [0.717, 1.165) is 16.5 Å². The van der Waals surface area contributed by atoms with Crippen LogP contribution in [-0.2, 0) is 16.0 Å². The Hall–Kier alpha value is -2.43. The topological polar surface area (TPSA) is 79.3 Å². The Morgan fingerprint density at radius 1 is 1.44 bits per heavy atom. The largest absolute Gasteiger partial charge is 0.480 e. The summed E-state index contributed by atoms with van der Waals surface area (Å²) in [5, 5.41) is 12.2. The number of carbonyl (C=O) groups is 2. The zero-order valence-electron chi connectivity index (χ0n) is 9.54. The predicted octanol–water partition coefficient (Wildman–Crippen LogP) is 0.976. The van der Waals surface area contributed by atoms with Gasteiger partial charge in [0.15, 0.2) is 0 Å². The van der Waals surface area contributed by atoms with E-state index in [1.807, 2.05) is 30.3 Å². The molecule has 0 aliphatic heterocycles. The molecule has 0 aliphatic rings. The Balaban J connectivity index is 2.25. The number of hydrogen-bond acceptors (Lipinski definition) is 3. The van der Waals surface area contributed by atoms with Crippen molar-refractivity contribution < 1.29 is 14.7 Å². The number of hydrogen-bond donors (Lipinski definition) is 2. The van der Waals surface area contributed by atoms with Gasteiger partial charge in [0.05, 0.1) is 5.52 Å². The van der Waals surface area contributed by atoms with Crippen LogP contribution in [0, 0.1) is 0 Å². The van der Waals surface area contributed by atoms with Gasteiger partial charge in [-0.3, -0.25) is 9.78 Å². The molecule has 2 rings (SSSR count). The van der Waals surface area contributed by atoms with Crippen LogP contribution in [0.15, 0.2) is 36.5 Å². The van der Waals surface area contributed by atoms with Crippen LogP contribution in [0.5, 0.6) is 0 Å². The highest BCUT2D eigenvalue weighted by molar-refractivity contribution is 5.80. The van der Waals surface area contributed by atoms with Crippen molar-refractivity contribution in [1.82, 2.24) is 10.3 Å². The molecule has 0 radical (unpaired) electrons. The summed E-state index contributed by atoms with van der Waals surface area (Å²) >= 11 is 0. The second-order valence-corrected chi connectivity index (χ2v) is 3.91. The van der Waals surface area contributed by atoms with Crippen LogP contribution in [-0.4, -0.2) is 28.5 Å². The molecule has 0 saturated heterocycles. The number of carboxylic acid groups (broad SMARTS) is 1. The summed E-state index contributed by atoms with van der Waals surface area (Å²) in [4.78, 5) is 25.5. The van der Waals surface area contributed by atoms with Gasteiger partial charge in [-0.2, -0.15) is 0 Å². The zero-order chi connectivity index (χ0) is 13.0. The number of pyridine rings is 1. The number of aliphatic carboxylic acids is 1. The monoisotopic (exact) mass is 244 g/mol. The molecule has 1 amide bonds. The normalized spacial score (nSPS) is 12.0. The molecule has 2 N–H and O–H groups in total. The molecule has 1 unspecified atom stereocenters. The van der Waals surface area contributed by atoms with Crippen LogP contribution in [0.3, 0.4) is 0 Å². The number of fused-ring (bicyclic) bond motifs is 1. The Labute approximate surface area is 103 Å². The number of benzene rings is 1. The number of rotatable bonds is 5. The highest BCUT2D eigenvalue weighted by atomic mass is 16.4. The van der Waals surface area contributed by atoms with E-state index in [4.69, 9.17) is 5.11 Å². The first kappa shape index (κ1) is 12.0. The van der Waals surface area contributed by atoms with E-state index in [1.165, 1.54) is 0 Å². The quantitative estimate of drug-likeness (QED) is 0.768. The fourth-order valence-corrected chi connectivity index (χ4v) is 1.77. The SMILES string of the molecule is O=CNC(Cc1ccc2cccnc2c1)C(=O)O. The van der Waals surface area contributed by atoms with Crippen LogP contribution in [0.25, 0.3) is 10.9 Å². The molecule has 1 atom stereocenters. The third-order valence-electron chi connectivity index (χ3n) is 2.68. The Bertz CT molecular complexity index is 583. The minimum Gasteiger partial charge on any atom is -0.480 e. The lowest BCUT2D eigenvalue weighted by Gasteiger charge is -2.11. The van der Waals surface area contributed by atoms with E-state index in [0.29, 0.717) is 6.41 Å². The number of carboxylic acids is 1. The first-order valence-corrected chi connectivity index (χ1v) is 5.47. The Kier molecular flexibility index (Phi) is 3.52. The predicted molar refractivity (Wildman–Crippen MR) is 66.1 cm³/mol. The summed E-state index contributed by atoms with van der Waals surface area (Å²) in [6.07, 6.45) is 2.32. The Morgan fingerprint density at radius 2 is 2.28 bits per heavy atom. The average molecular weight is 244 g/mol. The van der Waals surface area contributed by atoms with Gasteiger partial charge in [-0.25, -0.2) is 4.79 Å². The van der Waals surface area contributed by atoms with Crippen molar-refractivity contribution in [1.29, 1.82) is 0 Å². The van der Waals surface area contributed by atoms with Crippen molar-refractivity contribution in [3.05, 3.63) is 42.1 Å². The molecular weight excluding hydrogens is 232 g/mol. The van der Waals surface area contributed by atoms with Gasteiger partial charge < -0.3 is 10.4 Å². The van der Waals surface area contributed by atoms with E-state index in [9.17, 15) is 9.59 Å². The third kappa shape index (κ3) is 2.63. The molecule has 1 heterocycles. The summed E-state index contributed by atoms with van der Waals surface area (Å²) in [7, 11) is 0. The van der Waals surface area contributed by atoms with Crippen molar-refractivity contribution in [2.75, 3.05) is 0 Å². The number of amides is 1. The second-order valence-electron chi connectivity index (χ2n) is 3.91. The lowest BCUT2D eigenvalue weighted by atomic mass is 10.0. The third-order valence-corrected chi connectivity index (χ3v) is 2.68. The minimum absolute atomic E-state index is 0.237. The lowest BCUT2D eigenvalue weighted by molar-refractivity contribution is -0.140. The molecular formula is C13H12N2O3. The molecule has 1 aromatic carbocycles. The van der Waals surface area contributed by atoms with Crippen LogP contribution in [0.4, 0.5) is 0 Å². The van der Waals surface area contributed by atoms with Gasteiger partial charge in [0.1, 0.15) is 6.04 Å². The highest BCUT2D eigenvalue weighted by Gasteiger charge is 2.16. The van der Waals surface area contributed by atoms with Crippen LogP contribution in [0.2, 0.25) is 0 Å². The van der Waals surface area contributed by atoms with E-state index in [-0.39, 0.29) is 6.42 Å². The smallest absolute Gasteiger partial charge is 0.326 e. The van der Waals surface area contributed by atoms with Crippen molar-refractivity contribution in [3.8, 4) is 0 Å². The van der Waals surface area contributed by atoms with Gasteiger partial charge in [-0.05, 0) is 17.7 Å². The van der Waals surface area contributed by atoms with Gasteiger partial charge >= 0.3 is 5.97 Å². The highest BCUT2D eigenvalue weighted by Crippen LogP contribution is 2.14. The summed E-state index contributed by atoms with van der Waals surface area (Å²) in [5.41, 5.74) is 1.63. The van der Waals surface area contributed by atoms with Gasteiger partial charge in [0, 0.05) is 18.0 Å². The van der Waals surface area contributed by atoms with E-state index in [2.05, 4.69) is 10.3 Å². The van der Waals surface area contributed by atoms with E-state index in [1.54, 1.807) is 6.20 Å². The first-order valence-electron chi connectivity index (χ1n) is 5.47. The number of nitrogens with one attached hydrogen (secondary N) is 1. The van der Waals surface area contributed by atoms with Crippen molar-refractivity contribution in [2.45, 2.75) is 12.5 Å². The summed E-state index contributed by atoms with van der Waals surface area (Å²) in [6, 6.07) is 8.42.